The molecule has 0 aliphatic carbocycles. The van der Waals surface area contributed by atoms with Crippen LogP contribution in [0, 0.1) is 5.92 Å². The Morgan fingerprint density at radius 1 is 1.19 bits per heavy atom. The number of hydrogen-bond donors (Lipinski definition) is 1. The normalized spacial score (nSPS) is 22.6. The number of likely N-dealkylation sites (tertiary alicyclic amines) is 1. The van der Waals surface area contributed by atoms with Gasteiger partial charge in [-0.25, -0.2) is 0 Å². The van der Waals surface area contributed by atoms with Gasteiger partial charge < -0.3 is 5.73 Å². The van der Waals surface area contributed by atoms with Crippen LogP contribution in [0.15, 0.2) is 53.3 Å². The van der Waals surface area contributed by atoms with Crippen LogP contribution in [0.3, 0.4) is 0 Å². The summed E-state index contributed by atoms with van der Waals surface area (Å²) in [7, 11) is 0. The number of benzene rings is 1. The Bertz CT molecular complexity index is 588. The first-order chi connectivity index (χ1) is 10.3. The van der Waals surface area contributed by atoms with Gasteiger partial charge in [-0.05, 0) is 45.6 Å². The average molecular weight is 346 g/mol. The van der Waals surface area contributed by atoms with Crippen molar-refractivity contribution in [3.63, 3.8) is 0 Å². The molecule has 2 heterocycles. The lowest BCUT2D eigenvalue weighted by Gasteiger charge is -2.16. The van der Waals surface area contributed by atoms with Crippen molar-refractivity contribution in [1.29, 1.82) is 0 Å². The Morgan fingerprint density at radius 3 is 2.71 bits per heavy atom. The van der Waals surface area contributed by atoms with Gasteiger partial charge >= 0.3 is 0 Å². The summed E-state index contributed by atoms with van der Waals surface area (Å²) in [5.74, 6) is 1.07. The molecule has 110 valence electrons. The number of rotatable bonds is 4. The molecule has 0 amide bonds. The van der Waals surface area contributed by atoms with E-state index in [4.69, 9.17) is 5.73 Å². The number of pyridine rings is 1. The number of hydrogen-bond acceptors (Lipinski definition) is 3. The minimum atomic E-state index is 0.535. The van der Waals surface area contributed by atoms with Gasteiger partial charge in [-0.3, -0.25) is 9.88 Å². The molecule has 3 nitrogen and oxygen atoms in total. The van der Waals surface area contributed by atoms with Crippen LogP contribution in [0.5, 0.6) is 0 Å². The van der Waals surface area contributed by atoms with E-state index in [2.05, 4.69) is 62.2 Å². The smallest absolute Gasteiger partial charge is 0.0410 e. The fourth-order valence-corrected chi connectivity index (χ4v) is 3.62. The van der Waals surface area contributed by atoms with Crippen molar-refractivity contribution in [2.24, 2.45) is 11.7 Å². The fraction of sp³-hybridized carbons (Fsp3) is 0.353. The van der Waals surface area contributed by atoms with Crippen LogP contribution in [0.2, 0.25) is 0 Å². The highest BCUT2D eigenvalue weighted by Gasteiger charge is 2.32. The zero-order valence-electron chi connectivity index (χ0n) is 12.0. The molecule has 0 saturated carbocycles. The minimum Gasteiger partial charge on any atom is -0.330 e. The van der Waals surface area contributed by atoms with Gasteiger partial charge in [0.2, 0.25) is 0 Å². The van der Waals surface area contributed by atoms with E-state index in [9.17, 15) is 0 Å². The molecule has 0 radical (unpaired) electrons. The summed E-state index contributed by atoms with van der Waals surface area (Å²) in [6, 6.07) is 12.9. The van der Waals surface area contributed by atoms with E-state index in [1.807, 2.05) is 12.4 Å². The van der Waals surface area contributed by atoms with Gasteiger partial charge in [0.1, 0.15) is 0 Å². The lowest BCUT2D eigenvalue weighted by molar-refractivity contribution is 0.316. The third kappa shape index (κ3) is 3.51. The zero-order valence-corrected chi connectivity index (χ0v) is 13.5. The molecular weight excluding hydrogens is 326 g/mol. The van der Waals surface area contributed by atoms with E-state index in [1.54, 1.807) is 0 Å². The number of halogens is 1. The second kappa shape index (κ2) is 6.69. The predicted octanol–water partition coefficient (Wildman–Crippen LogP) is 3.02. The molecule has 3 rings (SSSR count). The second-order valence-electron chi connectivity index (χ2n) is 5.72. The average Bonchev–Trinajstić information content (AvgIpc) is 2.91. The minimum absolute atomic E-state index is 0.535. The molecule has 0 bridgehead atoms. The van der Waals surface area contributed by atoms with Crippen molar-refractivity contribution in [3.05, 3.63) is 64.4 Å². The zero-order chi connectivity index (χ0) is 14.7. The van der Waals surface area contributed by atoms with Crippen molar-refractivity contribution in [2.75, 3.05) is 19.6 Å². The van der Waals surface area contributed by atoms with Crippen molar-refractivity contribution in [2.45, 2.75) is 12.5 Å². The summed E-state index contributed by atoms with van der Waals surface area (Å²) in [6.45, 7) is 3.81. The third-order valence-electron chi connectivity index (χ3n) is 4.21. The maximum Gasteiger partial charge on any atom is 0.0410 e. The summed E-state index contributed by atoms with van der Waals surface area (Å²) >= 11 is 3.48. The Balaban J connectivity index is 1.72. The van der Waals surface area contributed by atoms with Crippen LogP contribution in [-0.2, 0) is 6.54 Å². The monoisotopic (exact) mass is 345 g/mol. The molecular formula is C17H20BrN3. The first-order valence-electron chi connectivity index (χ1n) is 7.33. The first-order valence-corrected chi connectivity index (χ1v) is 8.12. The quantitative estimate of drug-likeness (QED) is 0.925. The molecule has 2 N–H and O–H groups in total. The Hall–Kier alpha value is -1.23. The van der Waals surface area contributed by atoms with E-state index in [0.717, 1.165) is 30.7 Å². The number of aromatic nitrogens is 1. The van der Waals surface area contributed by atoms with Crippen LogP contribution >= 0.6 is 15.9 Å². The highest BCUT2D eigenvalue weighted by atomic mass is 79.9. The van der Waals surface area contributed by atoms with Gasteiger partial charge in [0, 0.05) is 42.4 Å². The summed E-state index contributed by atoms with van der Waals surface area (Å²) in [5.41, 5.74) is 8.64. The maximum absolute atomic E-state index is 5.99. The van der Waals surface area contributed by atoms with E-state index < -0.39 is 0 Å². The molecule has 1 saturated heterocycles. The lowest BCUT2D eigenvalue weighted by atomic mass is 9.89. The summed E-state index contributed by atoms with van der Waals surface area (Å²) < 4.78 is 1.04. The van der Waals surface area contributed by atoms with Crippen LogP contribution < -0.4 is 5.73 Å². The molecule has 2 atom stereocenters. The molecule has 4 heteroatoms. The lowest BCUT2D eigenvalue weighted by Crippen LogP contribution is -2.23. The standard InChI is InChI=1S/C17H20BrN3/c18-16-6-13(8-20-9-16)10-21-11-15(7-19)17(12-21)14-4-2-1-3-5-14/h1-6,8-9,15,17H,7,10-12,19H2/t15-,17+/m1/s1. The highest BCUT2D eigenvalue weighted by Crippen LogP contribution is 2.32. The Kier molecular flexibility index (Phi) is 4.68. The van der Waals surface area contributed by atoms with E-state index in [-0.39, 0.29) is 0 Å². The van der Waals surface area contributed by atoms with Gasteiger partial charge in [-0.1, -0.05) is 30.3 Å². The summed E-state index contributed by atoms with van der Waals surface area (Å²) in [6.07, 6.45) is 3.76. The van der Waals surface area contributed by atoms with Crippen molar-refractivity contribution in [3.8, 4) is 0 Å². The fourth-order valence-electron chi connectivity index (χ4n) is 3.21. The van der Waals surface area contributed by atoms with Crippen LogP contribution in [0.1, 0.15) is 17.0 Å². The number of nitrogens with zero attached hydrogens (tertiary/aromatic N) is 2. The van der Waals surface area contributed by atoms with Crippen molar-refractivity contribution < 1.29 is 0 Å². The summed E-state index contributed by atoms with van der Waals surface area (Å²) in [5, 5.41) is 0. The van der Waals surface area contributed by atoms with E-state index in [1.165, 1.54) is 11.1 Å². The van der Waals surface area contributed by atoms with Gasteiger partial charge in [0.25, 0.3) is 0 Å². The van der Waals surface area contributed by atoms with Crippen molar-refractivity contribution >= 4 is 15.9 Å². The molecule has 1 fully saturated rings. The first kappa shape index (κ1) is 14.7. The largest absolute Gasteiger partial charge is 0.330 e. The molecule has 1 aromatic carbocycles. The molecule has 2 aromatic rings. The van der Waals surface area contributed by atoms with Crippen LogP contribution in [-0.4, -0.2) is 29.5 Å². The summed E-state index contributed by atoms with van der Waals surface area (Å²) in [4.78, 5) is 6.73. The topological polar surface area (TPSA) is 42.1 Å². The van der Waals surface area contributed by atoms with Gasteiger partial charge in [0.05, 0.1) is 0 Å². The maximum atomic E-state index is 5.99. The Morgan fingerprint density at radius 2 is 2.00 bits per heavy atom. The molecule has 1 aliphatic heterocycles. The molecule has 21 heavy (non-hydrogen) atoms. The molecule has 1 aliphatic rings. The second-order valence-corrected chi connectivity index (χ2v) is 6.63. The van der Waals surface area contributed by atoms with Crippen LogP contribution in [0.25, 0.3) is 0 Å². The molecule has 0 spiro atoms. The predicted molar refractivity (Wildman–Crippen MR) is 88.9 cm³/mol. The van der Waals surface area contributed by atoms with Gasteiger partial charge in [0.15, 0.2) is 0 Å². The highest BCUT2D eigenvalue weighted by molar-refractivity contribution is 9.10. The third-order valence-corrected chi connectivity index (χ3v) is 4.65. The SMILES string of the molecule is NC[C@@H]1CN(Cc2cncc(Br)c2)C[C@H]1c1ccccc1. The molecule has 1 aromatic heterocycles. The van der Waals surface area contributed by atoms with E-state index >= 15 is 0 Å². The van der Waals surface area contributed by atoms with Crippen molar-refractivity contribution in [1.82, 2.24) is 9.88 Å². The van der Waals surface area contributed by atoms with Crippen LogP contribution in [0.4, 0.5) is 0 Å². The molecule has 0 unspecified atom stereocenters. The Labute approximate surface area is 134 Å². The van der Waals surface area contributed by atoms with Gasteiger partial charge in [-0.2, -0.15) is 0 Å². The van der Waals surface area contributed by atoms with E-state index in [0.29, 0.717) is 11.8 Å². The number of nitrogens with two attached hydrogens (primary N) is 1. The van der Waals surface area contributed by atoms with Gasteiger partial charge in [-0.15, -0.1) is 0 Å².